The third-order valence-electron chi connectivity index (χ3n) is 3.78. The predicted molar refractivity (Wildman–Crippen MR) is 88.7 cm³/mol. The minimum Gasteiger partial charge on any atom is -0.338 e. The van der Waals surface area contributed by atoms with Crippen LogP contribution in [0.4, 0.5) is 0 Å². The Kier molecular flexibility index (Phi) is 5.90. The maximum Gasteiger partial charge on any atom is 0.255 e. The molecule has 2 N–H and O–H groups in total. The maximum absolute atomic E-state index is 12.5. The highest BCUT2D eigenvalue weighted by Gasteiger charge is 2.36. The van der Waals surface area contributed by atoms with Crippen molar-refractivity contribution in [2.24, 2.45) is 11.1 Å². The van der Waals surface area contributed by atoms with E-state index in [1.54, 1.807) is 6.07 Å². The summed E-state index contributed by atoms with van der Waals surface area (Å²) in [5.41, 5.74) is 6.58. The van der Waals surface area contributed by atoms with Gasteiger partial charge in [0.25, 0.3) is 5.91 Å². The number of nitrogens with two attached hydrogens (primary N) is 1. The van der Waals surface area contributed by atoms with Gasteiger partial charge in [-0.25, -0.2) is 0 Å². The Morgan fingerprint density at radius 1 is 1.50 bits per heavy atom. The van der Waals surface area contributed by atoms with Gasteiger partial charge in [0, 0.05) is 23.6 Å². The van der Waals surface area contributed by atoms with Gasteiger partial charge >= 0.3 is 0 Å². The maximum atomic E-state index is 12.5. The second-order valence-electron chi connectivity index (χ2n) is 5.71. The molecule has 1 saturated heterocycles. The van der Waals surface area contributed by atoms with Crippen molar-refractivity contribution in [3.8, 4) is 0 Å². The number of nitrogens with zero attached hydrogens (tertiary/aromatic N) is 1. The quantitative estimate of drug-likeness (QED) is 0.805. The monoisotopic (exact) mass is 380 g/mol. The minimum absolute atomic E-state index is 0. The molecule has 6 heteroatoms. The molecule has 1 aliphatic heterocycles. The van der Waals surface area contributed by atoms with E-state index in [1.165, 1.54) is 0 Å². The van der Waals surface area contributed by atoms with Gasteiger partial charge in [-0.05, 0) is 39.9 Å². The largest absolute Gasteiger partial charge is 0.338 e. The summed E-state index contributed by atoms with van der Waals surface area (Å²) in [4.78, 5) is 14.4. The Morgan fingerprint density at radius 3 is 2.75 bits per heavy atom. The topological polar surface area (TPSA) is 46.3 Å². The molecule has 1 aromatic rings. The fourth-order valence-corrected chi connectivity index (χ4v) is 2.96. The van der Waals surface area contributed by atoms with Crippen molar-refractivity contribution in [3.63, 3.8) is 0 Å². The van der Waals surface area contributed by atoms with E-state index in [4.69, 9.17) is 17.3 Å². The van der Waals surface area contributed by atoms with Gasteiger partial charge in [-0.15, -0.1) is 12.4 Å². The summed E-state index contributed by atoms with van der Waals surface area (Å²) in [5, 5.41) is 0.472. The van der Waals surface area contributed by atoms with Crippen molar-refractivity contribution >= 4 is 45.8 Å². The first-order valence-electron chi connectivity index (χ1n) is 6.32. The summed E-state index contributed by atoms with van der Waals surface area (Å²) in [6, 6.07) is 5.55. The van der Waals surface area contributed by atoms with E-state index in [-0.39, 0.29) is 29.8 Å². The highest BCUT2D eigenvalue weighted by molar-refractivity contribution is 9.10. The molecule has 20 heavy (non-hydrogen) atoms. The third kappa shape index (κ3) is 3.48. The summed E-state index contributed by atoms with van der Waals surface area (Å²) < 4.78 is 0.744. The summed E-state index contributed by atoms with van der Waals surface area (Å²) in [5.74, 6) is -0.0220. The van der Waals surface area contributed by atoms with Gasteiger partial charge in [0.05, 0.1) is 10.6 Å². The van der Waals surface area contributed by atoms with Crippen molar-refractivity contribution in [2.75, 3.05) is 13.1 Å². The average Bonchev–Trinajstić information content (AvgIpc) is 2.35. The Morgan fingerprint density at radius 2 is 2.15 bits per heavy atom. The van der Waals surface area contributed by atoms with Crippen molar-refractivity contribution in [1.29, 1.82) is 0 Å². The highest BCUT2D eigenvalue weighted by atomic mass is 79.9. The van der Waals surface area contributed by atoms with Crippen molar-refractivity contribution in [2.45, 2.75) is 26.3 Å². The zero-order valence-corrected chi connectivity index (χ0v) is 14.7. The lowest BCUT2D eigenvalue weighted by atomic mass is 9.79. The van der Waals surface area contributed by atoms with E-state index in [0.717, 1.165) is 10.9 Å². The van der Waals surface area contributed by atoms with Crippen molar-refractivity contribution in [1.82, 2.24) is 4.90 Å². The lowest BCUT2D eigenvalue weighted by Crippen LogP contribution is -2.54. The summed E-state index contributed by atoms with van der Waals surface area (Å²) in [6.45, 7) is 5.54. The SMILES string of the molecule is CC1(C)CN(C(=O)c2cccc(Br)c2Cl)CCC1N.Cl. The van der Waals surface area contributed by atoms with Crippen molar-refractivity contribution < 1.29 is 4.79 Å². The molecule has 0 bridgehead atoms. The van der Waals surface area contributed by atoms with Crippen molar-refractivity contribution in [3.05, 3.63) is 33.3 Å². The van der Waals surface area contributed by atoms with Crippen LogP contribution >= 0.6 is 39.9 Å². The van der Waals surface area contributed by atoms with Crippen LogP contribution in [-0.2, 0) is 0 Å². The van der Waals surface area contributed by atoms with Gasteiger partial charge in [-0.1, -0.05) is 31.5 Å². The van der Waals surface area contributed by atoms with Gasteiger partial charge in [-0.2, -0.15) is 0 Å². The second-order valence-corrected chi connectivity index (χ2v) is 6.94. The smallest absolute Gasteiger partial charge is 0.255 e. The van der Waals surface area contributed by atoms with Crippen LogP contribution in [0.1, 0.15) is 30.6 Å². The van der Waals surface area contributed by atoms with E-state index >= 15 is 0 Å². The van der Waals surface area contributed by atoms with Crippen LogP contribution in [0.2, 0.25) is 5.02 Å². The van der Waals surface area contributed by atoms with Gasteiger partial charge in [0.15, 0.2) is 0 Å². The molecular formula is C14H19BrCl2N2O. The molecule has 1 heterocycles. The lowest BCUT2D eigenvalue weighted by Gasteiger charge is -2.42. The Labute approximate surface area is 139 Å². The number of carbonyl (C=O) groups is 1. The number of halogens is 3. The van der Waals surface area contributed by atoms with E-state index in [0.29, 0.717) is 23.7 Å². The highest BCUT2D eigenvalue weighted by Crippen LogP contribution is 2.31. The molecule has 2 rings (SSSR count). The zero-order chi connectivity index (χ0) is 14.2. The summed E-state index contributed by atoms with van der Waals surface area (Å²) in [6.07, 6.45) is 0.824. The molecule has 0 aromatic heterocycles. The Hall–Kier alpha value is -0.290. The molecule has 112 valence electrons. The fourth-order valence-electron chi connectivity index (χ4n) is 2.39. The number of likely N-dealkylation sites (tertiary alicyclic amines) is 1. The standard InChI is InChI=1S/C14H18BrClN2O.ClH/c1-14(2)8-18(7-6-11(14)17)13(19)9-4-3-5-10(15)12(9)16;/h3-5,11H,6-8,17H2,1-2H3;1H. The fraction of sp³-hybridized carbons (Fsp3) is 0.500. The number of piperidine rings is 1. The molecule has 0 saturated carbocycles. The molecule has 3 nitrogen and oxygen atoms in total. The summed E-state index contributed by atoms with van der Waals surface area (Å²) >= 11 is 9.54. The first kappa shape index (κ1) is 17.8. The minimum atomic E-state index is -0.0631. The molecular weight excluding hydrogens is 363 g/mol. The van der Waals surface area contributed by atoms with Crippen LogP contribution < -0.4 is 5.73 Å². The number of rotatable bonds is 1. The molecule has 1 aromatic carbocycles. The normalized spacial score (nSPS) is 21.2. The van der Waals surface area contributed by atoms with Gasteiger partial charge in [-0.3, -0.25) is 4.79 Å². The van der Waals surface area contributed by atoms with Crippen LogP contribution in [0.25, 0.3) is 0 Å². The summed E-state index contributed by atoms with van der Waals surface area (Å²) in [7, 11) is 0. The molecule has 1 aliphatic rings. The van der Waals surface area contributed by atoms with Crippen LogP contribution in [0.15, 0.2) is 22.7 Å². The van der Waals surface area contributed by atoms with Crippen LogP contribution in [0.3, 0.4) is 0 Å². The first-order chi connectivity index (χ1) is 8.83. The third-order valence-corrected chi connectivity index (χ3v) is 5.08. The van der Waals surface area contributed by atoms with Crippen LogP contribution in [-0.4, -0.2) is 29.9 Å². The molecule has 0 aliphatic carbocycles. The molecule has 0 radical (unpaired) electrons. The molecule has 1 atom stereocenters. The average molecular weight is 382 g/mol. The van der Waals surface area contributed by atoms with E-state index in [1.807, 2.05) is 17.0 Å². The Bertz CT molecular complexity index is 508. The van der Waals surface area contributed by atoms with Crippen LogP contribution in [0.5, 0.6) is 0 Å². The number of hydrogen-bond donors (Lipinski definition) is 1. The van der Waals surface area contributed by atoms with E-state index in [2.05, 4.69) is 29.8 Å². The van der Waals surface area contributed by atoms with Gasteiger partial charge in [0.1, 0.15) is 0 Å². The number of amides is 1. The molecule has 0 spiro atoms. The van der Waals surface area contributed by atoms with Crippen LogP contribution in [0, 0.1) is 5.41 Å². The molecule has 1 amide bonds. The van der Waals surface area contributed by atoms with Gasteiger partial charge < -0.3 is 10.6 Å². The van der Waals surface area contributed by atoms with Gasteiger partial charge in [0.2, 0.25) is 0 Å². The van der Waals surface area contributed by atoms with E-state index < -0.39 is 0 Å². The number of benzene rings is 1. The lowest BCUT2D eigenvalue weighted by molar-refractivity contribution is 0.0533. The second kappa shape index (κ2) is 6.65. The number of carbonyl (C=O) groups excluding carboxylic acids is 1. The number of hydrogen-bond acceptors (Lipinski definition) is 2. The zero-order valence-electron chi connectivity index (χ0n) is 11.5. The molecule has 1 unspecified atom stereocenters. The van der Waals surface area contributed by atoms with E-state index in [9.17, 15) is 4.79 Å². The predicted octanol–water partition coefficient (Wildman–Crippen LogP) is 3.72. The first-order valence-corrected chi connectivity index (χ1v) is 7.49. The molecule has 1 fully saturated rings. The Balaban J connectivity index is 0.00000200.